The lowest BCUT2D eigenvalue weighted by atomic mass is 10.1. The zero-order valence-electron chi connectivity index (χ0n) is 17.4. The van der Waals surface area contributed by atoms with E-state index in [0.29, 0.717) is 12.4 Å². The highest BCUT2D eigenvalue weighted by Crippen LogP contribution is 2.34. The average molecular weight is 439 g/mol. The molecule has 0 aliphatic carbocycles. The normalized spacial score (nSPS) is 15.8. The Balaban J connectivity index is 1.58. The van der Waals surface area contributed by atoms with Crippen LogP contribution in [0.5, 0.6) is 0 Å². The summed E-state index contributed by atoms with van der Waals surface area (Å²) < 4.78 is 11.2. The average Bonchev–Trinajstić information content (AvgIpc) is 2.76. The molecule has 0 spiro atoms. The Labute approximate surface area is 181 Å². The van der Waals surface area contributed by atoms with E-state index in [-0.39, 0.29) is 6.16 Å². The molecule has 3 aromatic rings. The van der Waals surface area contributed by atoms with Crippen LogP contribution in [-0.4, -0.2) is 68.5 Å². The fourth-order valence-corrected chi connectivity index (χ4v) is 4.20. The Morgan fingerprint density at radius 3 is 2.61 bits per heavy atom. The lowest BCUT2D eigenvalue weighted by molar-refractivity contribution is 0.264. The minimum atomic E-state index is -3.97. The first-order chi connectivity index (χ1) is 14.9. The standard InChI is InChI=1S/C22H26N5O3P/c1-17-4-6-19-20(15-17)24-21(7-5-18-3-2-8-23-16-18)25-22(19)27-11-9-26(10-12-27)13-14-31(28,29)30/h2-8,15-16H,9-14H2,1H3,(H2,28,29,30)/b7-5+. The number of benzene rings is 1. The number of hydrogen-bond donors (Lipinski definition) is 2. The molecule has 0 bridgehead atoms. The van der Waals surface area contributed by atoms with Gasteiger partial charge in [0.1, 0.15) is 5.82 Å². The van der Waals surface area contributed by atoms with Crippen LogP contribution in [0.15, 0.2) is 42.7 Å². The van der Waals surface area contributed by atoms with Crippen LogP contribution >= 0.6 is 7.60 Å². The van der Waals surface area contributed by atoms with E-state index in [9.17, 15) is 4.57 Å². The molecule has 3 heterocycles. The molecule has 31 heavy (non-hydrogen) atoms. The molecular formula is C22H26N5O3P. The van der Waals surface area contributed by atoms with Crippen LogP contribution in [0.1, 0.15) is 17.0 Å². The third-order valence-electron chi connectivity index (χ3n) is 5.34. The summed E-state index contributed by atoms with van der Waals surface area (Å²) in [5, 5.41) is 1.01. The van der Waals surface area contributed by atoms with Gasteiger partial charge in [-0.2, -0.15) is 0 Å². The minimum Gasteiger partial charge on any atom is -0.353 e. The molecule has 162 valence electrons. The number of pyridine rings is 1. The first kappa shape index (κ1) is 21.6. The van der Waals surface area contributed by atoms with Crippen molar-refractivity contribution in [2.24, 2.45) is 0 Å². The highest BCUT2D eigenvalue weighted by atomic mass is 31.2. The Bertz CT molecular complexity index is 1120. The molecule has 1 saturated heterocycles. The molecule has 1 aliphatic heterocycles. The maximum Gasteiger partial charge on any atom is 0.326 e. The second-order valence-electron chi connectivity index (χ2n) is 7.76. The van der Waals surface area contributed by atoms with Crippen molar-refractivity contribution in [1.29, 1.82) is 0 Å². The van der Waals surface area contributed by atoms with Gasteiger partial charge in [0, 0.05) is 50.5 Å². The Morgan fingerprint density at radius 2 is 1.90 bits per heavy atom. The molecule has 9 heteroatoms. The molecular weight excluding hydrogens is 413 g/mol. The van der Waals surface area contributed by atoms with E-state index in [1.165, 1.54) is 0 Å². The van der Waals surface area contributed by atoms with Gasteiger partial charge < -0.3 is 14.7 Å². The fourth-order valence-electron chi connectivity index (χ4n) is 3.66. The summed E-state index contributed by atoms with van der Waals surface area (Å²) in [5.74, 6) is 1.53. The molecule has 1 fully saturated rings. The van der Waals surface area contributed by atoms with Gasteiger partial charge in [0.25, 0.3) is 0 Å². The molecule has 0 unspecified atom stereocenters. The van der Waals surface area contributed by atoms with Gasteiger partial charge in [0.05, 0.1) is 11.7 Å². The van der Waals surface area contributed by atoms with E-state index in [4.69, 9.17) is 19.8 Å². The zero-order valence-corrected chi connectivity index (χ0v) is 18.3. The van der Waals surface area contributed by atoms with Gasteiger partial charge in [-0.1, -0.05) is 12.1 Å². The molecule has 0 saturated carbocycles. The number of aryl methyl sites for hydroxylation is 1. The monoisotopic (exact) mass is 439 g/mol. The molecule has 0 radical (unpaired) electrons. The SMILES string of the molecule is Cc1ccc2c(N3CCN(CCP(=O)(O)O)CC3)nc(/C=C/c3cccnc3)nc2c1. The van der Waals surface area contributed by atoms with Crippen LogP contribution in [0.25, 0.3) is 23.1 Å². The summed E-state index contributed by atoms with van der Waals surface area (Å²) in [6.07, 6.45) is 7.28. The van der Waals surface area contributed by atoms with Crippen molar-refractivity contribution >= 4 is 36.5 Å². The Kier molecular flexibility index (Phi) is 6.43. The molecule has 2 aromatic heterocycles. The van der Waals surface area contributed by atoms with Crippen LogP contribution in [0.4, 0.5) is 5.82 Å². The van der Waals surface area contributed by atoms with Crippen LogP contribution in [0, 0.1) is 6.92 Å². The van der Waals surface area contributed by atoms with Crippen molar-refractivity contribution in [1.82, 2.24) is 19.9 Å². The quantitative estimate of drug-likeness (QED) is 0.566. The van der Waals surface area contributed by atoms with Gasteiger partial charge in [-0.25, -0.2) is 9.97 Å². The van der Waals surface area contributed by atoms with Crippen LogP contribution < -0.4 is 4.90 Å². The summed E-state index contributed by atoms with van der Waals surface area (Å²) in [7, 11) is -3.97. The van der Waals surface area contributed by atoms with Gasteiger partial charge in [0.15, 0.2) is 5.82 Å². The lowest BCUT2D eigenvalue weighted by Gasteiger charge is -2.35. The van der Waals surface area contributed by atoms with Gasteiger partial charge in [-0.05, 0) is 48.4 Å². The lowest BCUT2D eigenvalue weighted by Crippen LogP contribution is -2.47. The smallest absolute Gasteiger partial charge is 0.326 e. The maximum absolute atomic E-state index is 11.2. The van der Waals surface area contributed by atoms with Gasteiger partial charge in [0.2, 0.25) is 0 Å². The Morgan fingerprint density at radius 1 is 1.10 bits per heavy atom. The van der Waals surface area contributed by atoms with Crippen molar-refractivity contribution in [3.8, 4) is 0 Å². The van der Waals surface area contributed by atoms with E-state index in [0.717, 1.165) is 54.0 Å². The van der Waals surface area contributed by atoms with Crippen LogP contribution in [-0.2, 0) is 4.57 Å². The van der Waals surface area contributed by atoms with E-state index in [2.05, 4.69) is 33.0 Å². The molecule has 0 atom stereocenters. The fraction of sp³-hybridized carbons (Fsp3) is 0.318. The summed E-state index contributed by atoms with van der Waals surface area (Å²) in [6.45, 7) is 5.41. The molecule has 2 N–H and O–H groups in total. The van der Waals surface area contributed by atoms with Crippen molar-refractivity contribution in [2.45, 2.75) is 6.92 Å². The molecule has 1 aliphatic rings. The number of anilines is 1. The topological polar surface area (TPSA) is 103 Å². The molecule has 0 amide bonds. The minimum absolute atomic E-state index is 0.105. The van der Waals surface area contributed by atoms with E-state index in [1.54, 1.807) is 12.4 Å². The van der Waals surface area contributed by atoms with Crippen molar-refractivity contribution in [2.75, 3.05) is 43.8 Å². The first-order valence-corrected chi connectivity index (χ1v) is 12.1. The third-order valence-corrected chi connectivity index (χ3v) is 6.12. The summed E-state index contributed by atoms with van der Waals surface area (Å²) in [5.41, 5.74) is 3.03. The van der Waals surface area contributed by atoms with Crippen LogP contribution in [0.3, 0.4) is 0 Å². The summed E-state index contributed by atoms with van der Waals surface area (Å²) in [4.78, 5) is 36.3. The second kappa shape index (κ2) is 9.24. The molecule has 4 rings (SSSR count). The number of fused-ring (bicyclic) bond motifs is 1. The van der Waals surface area contributed by atoms with Gasteiger partial charge >= 0.3 is 7.60 Å². The van der Waals surface area contributed by atoms with Crippen molar-refractivity contribution in [3.63, 3.8) is 0 Å². The van der Waals surface area contributed by atoms with E-state index in [1.807, 2.05) is 31.2 Å². The first-order valence-electron chi connectivity index (χ1n) is 10.3. The number of rotatable bonds is 6. The zero-order chi connectivity index (χ0) is 21.8. The van der Waals surface area contributed by atoms with Gasteiger partial charge in [-0.3, -0.25) is 14.4 Å². The largest absolute Gasteiger partial charge is 0.353 e. The third kappa shape index (κ3) is 5.74. The van der Waals surface area contributed by atoms with Gasteiger partial charge in [-0.15, -0.1) is 0 Å². The predicted octanol–water partition coefficient (Wildman–Crippen LogP) is 2.80. The highest BCUT2D eigenvalue weighted by Gasteiger charge is 2.22. The van der Waals surface area contributed by atoms with E-state index < -0.39 is 7.60 Å². The number of aromatic nitrogens is 3. The Hall–Kier alpha value is -2.64. The number of hydrogen-bond acceptors (Lipinski definition) is 6. The number of nitrogens with zero attached hydrogens (tertiary/aromatic N) is 5. The summed E-state index contributed by atoms with van der Waals surface area (Å²) >= 11 is 0. The second-order valence-corrected chi connectivity index (χ2v) is 9.54. The van der Waals surface area contributed by atoms with E-state index >= 15 is 0 Å². The predicted molar refractivity (Wildman–Crippen MR) is 123 cm³/mol. The molecule has 1 aromatic carbocycles. The molecule has 8 nitrogen and oxygen atoms in total. The van der Waals surface area contributed by atoms with Crippen LogP contribution in [0.2, 0.25) is 0 Å². The maximum atomic E-state index is 11.2. The summed E-state index contributed by atoms with van der Waals surface area (Å²) in [6, 6.07) is 10.1. The van der Waals surface area contributed by atoms with Crippen molar-refractivity contribution in [3.05, 3.63) is 59.7 Å². The highest BCUT2D eigenvalue weighted by molar-refractivity contribution is 7.51. The van der Waals surface area contributed by atoms with Crippen molar-refractivity contribution < 1.29 is 14.4 Å². The number of piperazine rings is 1.